The Labute approximate surface area is 130 Å². The minimum Gasteiger partial charge on any atom is -1.00 e. The molecule has 0 fully saturated rings. The van der Waals surface area contributed by atoms with Crippen molar-refractivity contribution in [1.29, 1.82) is 0 Å². The van der Waals surface area contributed by atoms with Gasteiger partial charge in [-0.1, -0.05) is 0 Å². The molecule has 0 saturated carbocycles. The summed E-state index contributed by atoms with van der Waals surface area (Å²) in [6, 6.07) is 0. The maximum absolute atomic E-state index is 0. The first-order valence-electron chi connectivity index (χ1n) is 0. The molecule has 0 bridgehead atoms. The monoisotopic (exact) mass is 334 g/mol. The molecule has 0 aliphatic carbocycles. The molecule has 0 saturated heterocycles. The van der Waals surface area contributed by atoms with Gasteiger partial charge < -0.3 is 29.5 Å². The molecule has 0 heterocycles. The second-order valence-corrected chi connectivity index (χ2v) is 0. The van der Waals surface area contributed by atoms with Crippen molar-refractivity contribution in [2.45, 2.75) is 0 Å². The molecule has 0 aliphatic heterocycles. The van der Waals surface area contributed by atoms with Gasteiger partial charge in [0.15, 0.2) is 0 Å². The largest absolute Gasteiger partial charge is 1.00 e. The fourth-order valence-electron chi connectivity index (χ4n) is 0. The molecular formula is H2I2KNaO. The third-order valence-electron chi connectivity index (χ3n) is 0. The first kappa shape index (κ1) is 35.7. The predicted molar refractivity (Wildman–Crippen MR) is 17.4 cm³/mol. The summed E-state index contributed by atoms with van der Waals surface area (Å²) in [6.07, 6.45) is 0. The van der Waals surface area contributed by atoms with Crippen LogP contribution in [0, 0.1) is 0 Å². The van der Waals surface area contributed by atoms with Crippen molar-refractivity contribution in [2.24, 2.45) is 0 Å². The number of hydrogen-bond acceptors (Lipinski definition) is 1. The molecule has 5 heteroatoms. The number of rotatable bonds is 0. The number of hydrogen-bond donors (Lipinski definition) is 0. The fraction of sp³-hybridized carbons (Fsp3) is 0. The summed E-state index contributed by atoms with van der Waals surface area (Å²) >= 11 is 0. The molecule has 0 rings (SSSR count). The van der Waals surface area contributed by atoms with Crippen molar-refractivity contribution < 1.29 is 110 Å². The Kier molecular flexibility index (Phi) is 174. The van der Waals surface area contributed by atoms with E-state index in [1.807, 2.05) is 0 Å². The Bertz CT molecular complexity index is 9.61. The average molecular weight is 334 g/mol. The van der Waals surface area contributed by atoms with E-state index in [9.17, 15) is 0 Å². The van der Waals surface area contributed by atoms with Gasteiger partial charge in [0.1, 0.15) is 0 Å². The van der Waals surface area contributed by atoms with Crippen LogP contribution in [-0.2, 0) is 0 Å². The van der Waals surface area contributed by atoms with Gasteiger partial charge in [0.25, 0.3) is 0 Å². The van der Waals surface area contributed by atoms with E-state index in [0.29, 0.717) is 0 Å². The van der Waals surface area contributed by atoms with Gasteiger partial charge in [0.2, 0.25) is 0 Å². The van der Waals surface area contributed by atoms with Gasteiger partial charge in [-0.3, -0.25) is 0 Å². The summed E-state index contributed by atoms with van der Waals surface area (Å²) < 4.78 is 0. The molecule has 0 spiro atoms. The zero-order chi connectivity index (χ0) is 0. The number of halogens is 2. The minimum atomic E-state index is 0. The van der Waals surface area contributed by atoms with Crippen LogP contribution in [0.4, 0.5) is 0 Å². The van der Waals surface area contributed by atoms with E-state index in [-0.39, 0.29) is 134 Å². The third-order valence-corrected chi connectivity index (χ3v) is 0. The first-order chi connectivity index (χ1) is 0. The van der Waals surface area contributed by atoms with Gasteiger partial charge in [-0.2, -0.15) is 0 Å². The molecular weight excluding hydrogens is 332 g/mol. The quantitative estimate of drug-likeness (QED) is 0.320. The van der Waals surface area contributed by atoms with E-state index in [0.717, 1.165) is 0 Å². The Balaban J connectivity index is 0. The maximum atomic E-state index is 0. The van der Waals surface area contributed by atoms with Crippen LogP contribution in [0.5, 0.6) is 0 Å². The predicted octanol–water partition coefficient (Wildman–Crippen LogP) is -8.55. The molecule has 0 amide bonds. The zero-order valence-electron chi connectivity index (χ0n) is 3.23. The van der Waals surface area contributed by atoms with E-state index < -0.39 is 0 Å². The average Bonchev–Trinajstić information content (AvgIpc) is 0. The van der Waals surface area contributed by atoms with E-state index in [1.165, 1.54) is 0 Å². The van der Waals surface area contributed by atoms with Crippen LogP contribution < -0.4 is 105 Å². The smallest absolute Gasteiger partial charge is 1.00 e. The van der Waals surface area contributed by atoms with Crippen molar-refractivity contribution in [3.05, 3.63) is 0 Å². The molecule has 0 aromatic heterocycles. The molecule has 0 unspecified atom stereocenters. The molecule has 5 heavy (non-hydrogen) atoms. The second kappa shape index (κ2) is 24.4. The first-order valence-corrected chi connectivity index (χ1v) is 0. The fourth-order valence-corrected chi connectivity index (χ4v) is 0. The van der Waals surface area contributed by atoms with Crippen LogP contribution in [0.3, 0.4) is 0 Å². The molecule has 0 radical (unpaired) electrons. The summed E-state index contributed by atoms with van der Waals surface area (Å²) in [5.74, 6) is 0. The summed E-state index contributed by atoms with van der Waals surface area (Å²) in [5, 5.41) is 0. The van der Waals surface area contributed by atoms with Crippen LogP contribution in [0.25, 0.3) is 0 Å². The summed E-state index contributed by atoms with van der Waals surface area (Å²) in [6.45, 7) is 0. The molecule has 0 aromatic rings. The van der Waals surface area contributed by atoms with Gasteiger partial charge in [0.05, 0.1) is 0 Å². The van der Waals surface area contributed by atoms with Crippen LogP contribution in [0.2, 0.25) is 0 Å². The Hall–Kier alpha value is 4.06. The van der Waals surface area contributed by atoms with Crippen molar-refractivity contribution >= 4 is 24.0 Å². The van der Waals surface area contributed by atoms with E-state index in [1.54, 1.807) is 0 Å². The standard InChI is InChI=1S/2HI.K.Na.H2O/h2*1H;;;1H2/q;;2*+1;/p-2. The van der Waals surface area contributed by atoms with Crippen molar-refractivity contribution in [3.8, 4) is 0 Å². The van der Waals surface area contributed by atoms with E-state index >= 15 is 0 Å². The molecule has 24 valence electrons. The Morgan fingerprint density at radius 2 is 1.00 bits per heavy atom. The van der Waals surface area contributed by atoms with Crippen LogP contribution in [0.1, 0.15) is 0 Å². The maximum Gasteiger partial charge on any atom is 1.00 e. The normalized spacial score (nSPS) is 0. The van der Waals surface area contributed by atoms with E-state index in [2.05, 4.69) is 0 Å². The zero-order valence-corrected chi connectivity index (χ0v) is 12.8. The Morgan fingerprint density at radius 1 is 1.00 bits per heavy atom. The SMILES string of the molecule is I.[I-].[K+].[Na+].[OH-]. The van der Waals surface area contributed by atoms with Crippen LogP contribution >= 0.6 is 24.0 Å². The third kappa shape index (κ3) is 18.0. The van der Waals surface area contributed by atoms with Gasteiger partial charge in [-0.05, 0) is 0 Å². The van der Waals surface area contributed by atoms with Crippen molar-refractivity contribution in [3.63, 3.8) is 0 Å². The van der Waals surface area contributed by atoms with E-state index in [4.69, 9.17) is 0 Å². The van der Waals surface area contributed by atoms with Crippen LogP contribution in [-0.4, -0.2) is 5.48 Å². The summed E-state index contributed by atoms with van der Waals surface area (Å²) in [7, 11) is 0. The molecule has 0 aromatic carbocycles. The molecule has 1 nitrogen and oxygen atoms in total. The summed E-state index contributed by atoms with van der Waals surface area (Å²) in [5.41, 5.74) is 0. The van der Waals surface area contributed by atoms with Crippen molar-refractivity contribution in [2.75, 3.05) is 0 Å². The summed E-state index contributed by atoms with van der Waals surface area (Å²) in [4.78, 5) is 0. The van der Waals surface area contributed by atoms with Gasteiger partial charge in [-0.15, -0.1) is 24.0 Å². The second-order valence-electron chi connectivity index (χ2n) is 0. The van der Waals surface area contributed by atoms with Gasteiger partial charge in [-0.25, -0.2) is 0 Å². The molecule has 0 atom stereocenters. The molecule has 0 aliphatic rings. The topological polar surface area (TPSA) is 30.0 Å². The Morgan fingerprint density at radius 3 is 1.00 bits per heavy atom. The van der Waals surface area contributed by atoms with Crippen LogP contribution in [0.15, 0.2) is 0 Å². The van der Waals surface area contributed by atoms with Gasteiger partial charge in [0, 0.05) is 0 Å². The molecule has 1 N–H and O–H groups in total. The van der Waals surface area contributed by atoms with Gasteiger partial charge >= 0.3 is 80.9 Å². The minimum absolute atomic E-state index is 0. The van der Waals surface area contributed by atoms with Crippen molar-refractivity contribution in [1.82, 2.24) is 0 Å².